The minimum atomic E-state index is -0.273. The molecule has 1 atom stereocenters. The molecule has 1 aliphatic heterocycles. The molecular formula is C31H41BrN2O2. The van der Waals surface area contributed by atoms with Crippen molar-refractivity contribution in [1.29, 1.82) is 0 Å². The van der Waals surface area contributed by atoms with Gasteiger partial charge in [-0.3, -0.25) is 4.79 Å². The predicted molar refractivity (Wildman–Crippen MR) is 152 cm³/mol. The molecule has 2 aliphatic rings. The van der Waals surface area contributed by atoms with Crippen LogP contribution in [0.25, 0.3) is 0 Å². The zero-order chi connectivity index (χ0) is 26.3. The first-order valence-corrected chi connectivity index (χ1v) is 14.0. The fraction of sp³-hybridized carbons (Fsp3) is 0.548. The summed E-state index contributed by atoms with van der Waals surface area (Å²) in [6.45, 7) is 13.7. The molecule has 1 spiro atoms. The number of likely N-dealkylation sites (tertiary alicyclic amines) is 1. The number of carbonyl (C=O) groups excluding carboxylic acids is 1. The second-order valence-corrected chi connectivity index (χ2v) is 13.3. The van der Waals surface area contributed by atoms with Crippen LogP contribution in [0.1, 0.15) is 94.3 Å². The highest BCUT2D eigenvalue weighted by Gasteiger charge is 2.51. The monoisotopic (exact) mass is 552 g/mol. The van der Waals surface area contributed by atoms with Gasteiger partial charge in [0, 0.05) is 29.2 Å². The molecule has 36 heavy (non-hydrogen) atoms. The number of Topliss-reactive ketones (excluding diaryl/α,β-unsaturated/α-hetero) is 1. The molecule has 1 unspecified atom stereocenters. The van der Waals surface area contributed by atoms with Gasteiger partial charge in [0.25, 0.3) is 0 Å². The van der Waals surface area contributed by atoms with Crippen molar-refractivity contribution < 1.29 is 9.90 Å². The number of rotatable bonds is 5. The molecule has 0 amide bonds. The summed E-state index contributed by atoms with van der Waals surface area (Å²) in [6.07, 6.45) is 5.79. The summed E-state index contributed by atoms with van der Waals surface area (Å²) in [7, 11) is 0. The topological polar surface area (TPSA) is 52.9 Å². The average molecular weight is 554 g/mol. The van der Waals surface area contributed by atoms with E-state index in [2.05, 4.69) is 96.9 Å². The van der Waals surface area contributed by atoms with Crippen molar-refractivity contribution in [2.75, 3.05) is 13.1 Å². The number of phenols is 1. The maximum Gasteiger partial charge on any atom is 0.182 e. The lowest BCUT2D eigenvalue weighted by atomic mass is 9.73. The van der Waals surface area contributed by atoms with Gasteiger partial charge in [0.05, 0.1) is 22.7 Å². The summed E-state index contributed by atoms with van der Waals surface area (Å²) in [5, 5.41) is 11.1. The molecule has 1 N–H and O–H groups in total. The minimum absolute atomic E-state index is 0.0770. The average Bonchev–Trinajstić information content (AvgIpc) is 3.37. The molecular weight excluding hydrogens is 512 g/mol. The number of carbonyl (C=O) groups is 1. The first kappa shape index (κ1) is 26.9. The first-order valence-electron chi connectivity index (χ1n) is 13.2. The Morgan fingerprint density at radius 1 is 1.03 bits per heavy atom. The Labute approximate surface area is 225 Å². The molecule has 0 bridgehead atoms. The Morgan fingerprint density at radius 3 is 2.08 bits per heavy atom. The third kappa shape index (κ3) is 5.27. The quantitative estimate of drug-likeness (QED) is 0.388. The van der Waals surface area contributed by atoms with Crippen molar-refractivity contribution in [1.82, 2.24) is 4.90 Å². The molecule has 4 nitrogen and oxygen atoms in total. The van der Waals surface area contributed by atoms with Crippen LogP contribution in [-0.2, 0) is 17.3 Å². The molecule has 2 fully saturated rings. The number of amidine groups is 1. The van der Waals surface area contributed by atoms with Gasteiger partial charge in [-0.05, 0) is 53.2 Å². The zero-order valence-corrected chi connectivity index (χ0v) is 24.3. The smallest absolute Gasteiger partial charge is 0.182 e. The molecule has 5 heteroatoms. The molecule has 4 rings (SSSR count). The van der Waals surface area contributed by atoms with E-state index < -0.39 is 0 Å². The van der Waals surface area contributed by atoms with Crippen LogP contribution in [0.5, 0.6) is 5.75 Å². The number of benzene rings is 2. The molecule has 1 heterocycles. The number of aromatic hydroxyl groups is 1. The summed E-state index contributed by atoms with van der Waals surface area (Å²) >= 11 is 3.43. The zero-order valence-electron chi connectivity index (χ0n) is 22.7. The highest BCUT2D eigenvalue weighted by Crippen LogP contribution is 2.51. The molecule has 2 aromatic carbocycles. The second kappa shape index (κ2) is 9.96. The third-order valence-corrected chi connectivity index (χ3v) is 8.59. The van der Waals surface area contributed by atoms with Gasteiger partial charge in [-0.1, -0.05) is 84.7 Å². The largest absolute Gasteiger partial charge is 0.507 e. The summed E-state index contributed by atoms with van der Waals surface area (Å²) in [5.74, 6) is 1.68. The number of halogens is 1. The van der Waals surface area contributed by atoms with E-state index in [0.717, 1.165) is 29.9 Å². The van der Waals surface area contributed by atoms with Gasteiger partial charge in [-0.25, -0.2) is 0 Å². The predicted octanol–water partition coefficient (Wildman–Crippen LogP) is 7.61. The van der Waals surface area contributed by atoms with Gasteiger partial charge in [-0.15, -0.1) is 0 Å². The Morgan fingerprint density at radius 2 is 1.58 bits per heavy atom. The van der Waals surface area contributed by atoms with E-state index in [1.54, 1.807) is 0 Å². The van der Waals surface area contributed by atoms with Gasteiger partial charge in [0.15, 0.2) is 5.78 Å². The second-order valence-electron chi connectivity index (χ2n) is 13.0. The highest BCUT2D eigenvalue weighted by atomic mass is 79.9. The number of hydrogen-bond donors (Lipinski definition) is 1. The van der Waals surface area contributed by atoms with Crippen LogP contribution in [0.15, 0.2) is 46.5 Å². The number of ketones is 1. The van der Waals surface area contributed by atoms with E-state index in [4.69, 9.17) is 0 Å². The maximum atomic E-state index is 13.8. The Bertz CT molecular complexity index is 1100. The SMILES string of the molecule is CC(C)(C)c1cc(C(=O)CN2CC3(CCCC3)C(Cc3ccccc3)C2=NBr)cc(C(C)(C)C)c1O. The maximum absolute atomic E-state index is 13.8. The number of phenolic OH excluding ortho intramolecular Hbond substituents is 1. The lowest BCUT2D eigenvalue weighted by Crippen LogP contribution is -2.33. The van der Waals surface area contributed by atoms with Crippen LogP contribution in [0.3, 0.4) is 0 Å². The number of nitrogens with zero attached hydrogens (tertiary/aromatic N) is 2. The van der Waals surface area contributed by atoms with Crippen LogP contribution in [0.4, 0.5) is 0 Å². The van der Waals surface area contributed by atoms with E-state index in [1.165, 1.54) is 31.2 Å². The van der Waals surface area contributed by atoms with Gasteiger partial charge in [0.2, 0.25) is 0 Å². The summed E-state index contributed by atoms with van der Waals surface area (Å²) in [5.41, 5.74) is 3.26. The molecule has 194 valence electrons. The van der Waals surface area contributed by atoms with Crippen molar-refractivity contribution in [3.05, 3.63) is 64.7 Å². The van der Waals surface area contributed by atoms with Crippen molar-refractivity contribution in [3.8, 4) is 5.75 Å². The lowest BCUT2D eigenvalue weighted by Gasteiger charge is -2.29. The minimum Gasteiger partial charge on any atom is -0.507 e. The molecule has 2 aromatic rings. The van der Waals surface area contributed by atoms with Crippen LogP contribution < -0.4 is 0 Å². The van der Waals surface area contributed by atoms with Crippen molar-refractivity contribution in [2.24, 2.45) is 15.4 Å². The molecule has 1 aliphatic carbocycles. The van der Waals surface area contributed by atoms with Crippen LogP contribution in [0, 0.1) is 11.3 Å². The fourth-order valence-electron chi connectivity index (χ4n) is 6.26. The van der Waals surface area contributed by atoms with Gasteiger partial charge >= 0.3 is 0 Å². The molecule has 0 aromatic heterocycles. The van der Waals surface area contributed by atoms with Crippen molar-refractivity contribution in [2.45, 2.75) is 84.5 Å². The fourth-order valence-corrected chi connectivity index (χ4v) is 6.73. The summed E-state index contributed by atoms with van der Waals surface area (Å²) in [6, 6.07) is 14.5. The molecule has 1 saturated carbocycles. The van der Waals surface area contributed by atoms with Gasteiger partial charge in [0.1, 0.15) is 11.6 Å². The van der Waals surface area contributed by atoms with Gasteiger partial charge in [-0.2, -0.15) is 4.02 Å². The van der Waals surface area contributed by atoms with Crippen molar-refractivity contribution >= 4 is 27.8 Å². The lowest BCUT2D eigenvalue weighted by molar-refractivity contribution is 0.0956. The normalized spacial score (nSPS) is 21.0. The highest BCUT2D eigenvalue weighted by molar-refractivity contribution is 9.08. The van der Waals surface area contributed by atoms with E-state index in [-0.39, 0.29) is 22.0 Å². The van der Waals surface area contributed by atoms with Crippen LogP contribution in [0.2, 0.25) is 0 Å². The summed E-state index contributed by atoms with van der Waals surface area (Å²) in [4.78, 5) is 16.0. The first-order chi connectivity index (χ1) is 16.9. The summed E-state index contributed by atoms with van der Waals surface area (Å²) < 4.78 is 4.60. The Balaban J connectivity index is 1.67. The van der Waals surface area contributed by atoms with E-state index in [1.807, 2.05) is 12.1 Å². The van der Waals surface area contributed by atoms with Crippen LogP contribution >= 0.6 is 16.1 Å². The molecule has 0 radical (unpaired) electrons. The Kier molecular flexibility index (Phi) is 7.45. The Hall–Kier alpha value is -2.14. The van der Waals surface area contributed by atoms with Gasteiger partial charge < -0.3 is 10.0 Å². The number of hydrogen-bond acceptors (Lipinski definition) is 3. The van der Waals surface area contributed by atoms with Crippen molar-refractivity contribution in [3.63, 3.8) is 0 Å². The van der Waals surface area contributed by atoms with E-state index >= 15 is 0 Å². The molecule has 1 saturated heterocycles. The standard InChI is InChI=1S/C31H41BrN2O2/c1-29(2,3)23-17-22(18-24(27(23)36)30(4,5)6)26(35)19-34-20-31(14-10-11-15-31)25(28(34)33-32)16-21-12-8-7-9-13-21/h7-9,12-13,17-18,25,36H,10-11,14-16,19-20H2,1-6H3. The van der Waals surface area contributed by atoms with Crippen LogP contribution in [-0.4, -0.2) is 34.7 Å². The van der Waals surface area contributed by atoms with E-state index in [9.17, 15) is 9.90 Å². The van der Waals surface area contributed by atoms with E-state index in [0.29, 0.717) is 23.8 Å². The third-order valence-electron chi connectivity index (χ3n) is 8.23.